The molecule has 1 heterocycles. The van der Waals surface area contributed by atoms with E-state index in [1.807, 2.05) is 0 Å². The predicted octanol–water partition coefficient (Wildman–Crippen LogP) is 1.50. The minimum absolute atomic E-state index is 0.724. The summed E-state index contributed by atoms with van der Waals surface area (Å²) in [6.45, 7) is 0. The van der Waals surface area contributed by atoms with Gasteiger partial charge in [-0.15, -0.1) is 5.10 Å². The second-order valence-corrected chi connectivity index (χ2v) is 4.33. The molecule has 2 rings (SSSR count). The summed E-state index contributed by atoms with van der Waals surface area (Å²) >= 11 is 1.75. The minimum Gasteiger partial charge on any atom is -0.173 e. The maximum Gasteiger partial charge on any atom is 0.150 e. The van der Waals surface area contributed by atoms with Crippen LogP contribution in [0.2, 0.25) is 0 Å². The van der Waals surface area contributed by atoms with Crippen LogP contribution in [-0.2, 0) is 0 Å². The first-order valence-corrected chi connectivity index (χ1v) is 5.19. The lowest BCUT2D eigenvalue weighted by Crippen LogP contribution is -2.10. The van der Waals surface area contributed by atoms with Crippen molar-refractivity contribution in [3.8, 4) is 0 Å². The molecule has 1 aromatic heterocycles. The Kier molecular flexibility index (Phi) is 2.60. The van der Waals surface area contributed by atoms with Gasteiger partial charge in [0, 0.05) is 5.25 Å². The normalized spacial score (nSPS) is 19.7. The fraction of sp³-hybridized carbons (Fsp3) is 0.857. The van der Waals surface area contributed by atoms with Crippen molar-refractivity contribution < 1.29 is 0 Å². The van der Waals surface area contributed by atoms with Gasteiger partial charge in [-0.05, 0) is 35.2 Å². The monoisotopic (exact) mass is 184 g/mol. The Hall–Kier alpha value is -0.580. The molecule has 5 heteroatoms. The summed E-state index contributed by atoms with van der Waals surface area (Å²) in [5, 5.41) is 11.8. The van der Waals surface area contributed by atoms with Gasteiger partial charge < -0.3 is 0 Å². The molecule has 1 aromatic rings. The molecule has 4 nitrogen and oxygen atoms in total. The molecule has 0 bridgehead atoms. The Morgan fingerprint density at radius 1 is 1.25 bits per heavy atom. The van der Waals surface area contributed by atoms with E-state index in [1.54, 1.807) is 22.4 Å². The molecule has 0 aromatic carbocycles. The summed E-state index contributed by atoms with van der Waals surface area (Å²) in [6, 6.07) is 0. The summed E-state index contributed by atoms with van der Waals surface area (Å²) in [4.78, 5) is 0. The van der Waals surface area contributed by atoms with Crippen LogP contribution in [0.5, 0.6) is 0 Å². The maximum absolute atomic E-state index is 3.83. The number of hydrogen-bond donors (Lipinski definition) is 0. The van der Waals surface area contributed by atoms with Crippen LogP contribution in [0.3, 0.4) is 0 Å². The van der Waals surface area contributed by atoms with Crippen molar-refractivity contribution in [2.24, 2.45) is 0 Å². The van der Waals surface area contributed by atoms with Crippen molar-refractivity contribution in [1.82, 2.24) is 19.6 Å². The Balaban J connectivity index is 1.86. The molecule has 0 radical (unpaired) electrons. The van der Waals surface area contributed by atoms with Gasteiger partial charge in [0.25, 0.3) is 0 Å². The lowest BCUT2D eigenvalue weighted by Gasteiger charge is -2.19. The van der Waals surface area contributed by atoms with Crippen LogP contribution in [0.15, 0.2) is 6.33 Å². The van der Waals surface area contributed by atoms with Gasteiger partial charge in [0.1, 0.15) is 0 Å². The van der Waals surface area contributed by atoms with Crippen molar-refractivity contribution in [3.05, 3.63) is 6.33 Å². The van der Waals surface area contributed by atoms with E-state index < -0.39 is 0 Å². The Bertz CT molecular complexity index is 217. The van der Waals surface area contributed by atoms with E-state index in [0.717, 1.165) is 5.25 Å². The van der Waals surface area contributed by atoms with Gasteiger partial charge in [-0.1, -0.05) is 19.3 Å². The first-order valence-electron chi connectivity index (χ1n) is 4.35. The standard InChI is InChI=1S/C7H12N4S/c1-2-4-7(5-3-1)12-11-6-8-9-10-11/h6-7H,1-5H2. The topological polar surface area (TPSA) is 43.6 Å². The SMILES string of the molecule is c1nnnn1SC1CCCCC1. The van der Waals surface area contributed by atoms with E-state index in [9.17, 15) is 0 Å². The van der Waals surface area contributed by atoms with Crippen molar-refractivity contribution in [3.63, 3.8) is 0 Å². The molecule has 0 atom stereocenters. The van der Waals surface area contributed by atoms with E-state index in [1.165, 1.54) is 32.1 Å². The third-order valence-corrected chi connectivity index (χ3v) is 3.29. The van der Waals surface area contributed by atoms with Crippen LogP contribution < -0.4 is 0 Å². The van der Waals surface area contributed by atoms with Crippen molar-refractivity contribution in [1.29, 1.82) is 0 Å². The molecule has 0 unspecified atom stereocenters. The third kappa shape index (κ3) is 1.97. The Labute approximate surface area is 75.9 Å². The maximum atomic E-state index is 3.83. The van der Waals surface area contributed by atoms with Gasteiger partial charge in [0.2, 0.25) is 0 Å². The van der Waals surface area contributed by atoms with E-state index in [2.05, 4.69) is 15.5 Å². The largest absolute Gasteiger partial charge is 0.173 e. The first-order chi connectivity index (χ1) is 5.95. The number of tetrazole rings is 1. The van der Waals surface area contributed by atoms with Crippen LogP contribution >= 0.6 is 11.9 Å². The average molecular weight is 184 g/mol. The number of aromatic nitrogens is 4. The number of nitrogens with zero attached hydrogens (tertiary/aromatic N) is 4. The molecule has 0 saturated heterocycles. The quantitative estimate of drug-likeness (QED) is 0.698. The molecule has 0 amide bonds. The second kappa shape index (κ2) is 3.89. The molecule has 1 aliphatic rings. The molecule has 12 heavy (non-hydrogen) atoms. The molecule has 1 saturated carbocycles. The third-order valence-electron chi connectivity index (χ3n) is 2.14. The second-order valence-electron chi connectivity index (χ2n) is 3.08. The molecule has 0 N–H and O–H groups in total. The summed E-state index contributed by atoms with van der Waals surface area (Å²) in [5.41, 5.74) is 0. The summed E-state index contributed by atoms with van der Waals surface area (Å²) < 4.78 is 1.76. The lowest BCUT2D eigenvalue weighted by atomic mass is 10.0. The highest BCUT2D eigenvalue weighted by molar-refractivity contribution is 7.98. The van der Waals surface area contributed by atoms with E-state index >= 15 is 0 Å². The smallest absolute Gasteiger partial charge is 0.150 e. The fourth-order valence-corrected chi connectivity index (χ4v) is 2.55. The van der Waals surface area contributed by atoms with Crippen molar-refractivity contribution in [2.75, 3.05) is 0 Å². The molecule has 66 valence electrons. The van der Waals surface area contributed by atoms with Crippen LogP contribution in [-0.4, -0.2) is 24.9 Å². The van der Waals surface area contributed by atoms with Gasteiger partial charge in [-0.25, -0.2) is 0 Å². The molecule has 0 aliphatic heterocycles. The van der Waals surface area contributed by atoms with Crippen LogP contribution in [0.25, 0.3) is 0 Å². The fourth-order valence-electron chi connectivity index (χ4n) is 1.52. The highest BCUT2D eigenvalue weighted by Crippen LogP contribution is 2.27. The Morgan fingerprint density at radius 3 is 2.75 bits per heavy atom. The van der Waals surface area contributed by atoms with Gasteiger partial charge in [-0.2, -0.15) is 4.09 Å². The van der Waals surface area contributed by atoms with Gasteiger partial charge >= 0.3 is 0 Å². The van der Waals surface area contributed by atoms with E-state index in [-0.39, 0.29) is 0 Å². The van der Waals surface area contributed by atoms with Gasteiger partial charge in [-0.3, -0.25) is 0 Å². The average Bonchev–Trinajstić information content (AvgIpc) is 2.59. The van der Waals surface area contributed by atoms with Gasteiger partial charge in [0.05, 0.1) is 0 Å². The molecular formula is C7H12N4S. The van der Waals surface area contributed by atoms with Crippen LogP contribution in [0.1, 0.15) is 32.1 Å². The van der Waals surface area contributed by atoms with E-state index in [0.29, 0.717) is 0 Å². The first kappa shape index (κ1) is 8.04. The molecule has 0 spiro atoms. The zero-order valence-electron chi connectivity index (χ0n) is 6.89. The highest BCUT2D eigenvalue weighted by Gasteiger charge is 2.14. The number of hydrogen-bond acceptors (Lipinski definition) is 4. The summed E-state index contributed by atoms with van der Waals surface area (Å²) in [6.07, 6.45) is 8.40. The van der Waals surface area contributed by atoms with Crippen LogP contribution in [0, 0.1) is 0 Å². The van der Waals surface area contributed by atoms with Gasteiger partial charge in [0.15, 0.2) is 6.33 Å². The highest BCUT2D eigenvalue weighted by atomic mass is 32.2. The molecule has 1 aliphatic carbocycles. The van der Waals surface area contributed by atoms with Crippen LogP contribution in [0.4, 0.5) is 0 Å². The summed E-state index contributed by atoms with van der Waals surface area (Å²) in [7, 11) is 0. The van der Waals surface area contributed by atoms with E-state index in [4.69, 9.17) is 0 Å². The Morgan fingerprint density at radius 2 is 2.08 bits per heavy atom. The molecular weight excluding hydrogens is 172 g/mol. The van der Waals surface area contributed by atoms with Crippen molar-refractivity contribution >= 4 is 11.9 Å². The predicted molar refractivity (Wildman–Crippen MR) is 47.7 cm³/mol. The lowest BCUT2D eigenvalue weighted by molar-refractivity contribution is 0.514. The molecule has 1 fully saturated rings. The number of rotatable bonds is 2. The zero-order chi connectivity index (χ0) is 8.23. The zero-order valence-corrected chi connectivity index (χ0v) is 7.70. The minimum atomic E-state index is 0.724. The summed E-state index contributed by atoms with van der Waals surface area (Å²) in [5.74, 6) is 0. The van der Waals surface area contributed by atoms with Crippen molar-refractivity contribution in [2.45, 2.75) is 37.4 Å².